The second-order valence-electron chi connectivity index (χ2n) is 10.5. The Bertz CT molecular complexity index is 1500. The summed E-state index contributed by atoms with van der Waals surface area (Å²) < 4.78 is 59.3. The third kappa shape index (κ3) is 13.7. The van der Waals surface area contributed by atoms with Crippen LogP contribution < -0.4 is 22.6 Å². The van der Waals surface area contributed by atoms with Crippen molar-refractivity contribution in [3.8, 4) is 28.7 Å². The van der Waals surface area contributed by atoms with Crippen molar-refractivity contribution in [1.82, 2.24) is 0 Å². The van der Waals surface area contributed by atoms with Crippen LogP contribution in [-0.2, 0) is 13.7 Å². The zero-order chi connectivity index (χ0) is 33.8. The first kappa shape index (κ1) is 36.4. The molecule has 0 N–H and O–H groups in total. The van der Waals surface area contributed by atoms with Crippen LogP contribution in [0.4, 0.5) is 0 Å². The predicted molar refractivity (Wildman–Crippen MR) is 190 cm³/mol. The van der Waals surface area contributed by atoms with Crippen molar-refractivity contribution >= 4 is 15.6 Å². The molecule has 0 heterocycles. The van der Waals surface area contributed by atoms with Gasteiger partial charge in [-0.25, -0.2) is 4.57 Å². The van der Waals surface area contributed by atoms with Gasteiger partial charge in [0.2, 0.25) is 0 Å². The average Bonchev–Trinajstić information content (AvgIpc) is 3.10. The minimum absolute atomic E-state index is 0.350. The van der Waals surface area contributed by atoms with Crippen LogP contribution in [0.1, 0.15) is 45.4 Å². The lowest BCUT2D eigenvalue weighted by molar-refractivity contribution is 0.205. The molecule has 10 heteroatoms. The Hall–Kier alpha value is -4.48. The minimum Gasteiger partial charge on any atom is -0.395 e. The smallest absolute Gasteiger partial charge is 0.395 e. The van der Waals surface area contributed by atoms with Gasteiger partial charge in [0, 0.05) is 0 Å². The molecule has 252 valence electrons. The normalized spacial score (nSPS) is 11.0. The second kappa shape index (κ2) is 20.0. The van der Waals surface area contributed by atoms with Crippen LogP contribution in [0.15, 0.2) is 152 Å². The fourth-order valence-corrected chi connectivity index (χ4v) is 6.75. The quantitative estimate of drug-likeness (QED) is 0.0664. The first-order valence-electron chi connectivity index (χ1n) is 16.0. The molecule has 0 bridgehead atoms. The fourth-order valence-electron chi connectivity index (χ4n) is 4.24. The van der Waals surface area contributed by atoms with Crippen molar-refractivity contribution < 1.29 is 36.3 Å². The molecule has 0 radical (unpaired) electrons. The van der Waals surface area contributed by atoms with E-state index in [1.54, 1.807) is 97.1 Å². The van der Waals surface area contributed by atoms with Crippen LogP contribution in [0, 0.1) is 0 Å². The molecule has 0 unspecified atom stereocenters. The predicted octanol–water partition coefficient (Wildman–Crippen LogP) is 12.0. The van der Waals surface area contributed by atoms with Crippen LogP contribution in [0.2, 0.25) is 0 Å². The summed E-state index contributed by atoms with van der Waals surface area (Å²) in [4.78, 5) is 0. The number of benzene rings is 5. The van der Waals surface area contributed by atoms with Gasteiger partial charge in [0.15, 0.2) is 0 Å². The van der Waals surface area contributed by atoms with Crippen molar-refractivity contribution in [3.05, 3.63) is 152 Å². The highest BCUT2D eigenvalue weighted by atomic mass is 31.2. The largest absolute Gasteiger partial charge is 0.647 e. The van der Waals surface area contributed by atoms with E-state index in [0.717, 1.165) is 12.8 Å². The molecule has 0 aromatic heterocycles. The minimum atomic E-state index is -3.89. The highest BCUT2D eigenvalue weighted by molar-refractivity contribution is 7.50. The van der Waals surface area contributed by atoms with Crippen LogP contribution in [0.5, 0.6) is 28.7 Å². The number of rotatable bonds is 18. The van der Waals surface area contributed by atoms with Gasteiger partial charge in [0.1, 0.15) is 28.7 Å². The van der Waals surface area contributed by atoms with Gasteiger partial charge in [-0.05, 0) is 67.1 Å². The number of unbranched alkanes of at least 4 members (excludes halogenated alkanes) is 5. The standard InChI is InChI=1S/C20H27O4P.C18H15O4P/c1-2-3-4-5-6-13-18-22-25(21,23-19-14-9-7-10-15-19)24-20-16-11-8-12-17-20;19-23(20-16-10-4-1-5-11-16,21-17-12-6-2-7-13-17)22-18-14-8-3-9-15-18/h7-12,14-17H,2-6,13,18H2,1H3;1-15H. The third-order valence-corrected chi connectivity index (χ3v) is 9.22. The highest BCUT2D eigenvalue weighted by Gasteiger charge is 2.33. The van der Waals surface area contributed by atoms with Crippen LogP contribution in [-0.4, -0.2) is 6.61 Å². The Kier molecular flexibility index (Phi) is 15.2. The third-order valence-electron chi connectivity index (χ3n) is 6.55. The molecule has 0 saturated heterocycles. The van der Waals surface area contributed by atoms with E-state index in [1.165, 1.54) is 25.7 Å². The van der Waals surface area contributed by atoms with Crippen LogP contribution in [0.3, 0.4) is 0 Å². The maximum Gasteiger partial charge on any atom is 0.647 e. The van der Waals surface area contributed by atoms with Crippen molar-refractivity contribution in [2.75, 3.05) is 6.61 Å². The molecule has 0 aliphatic rings. The first-order valence-corrected chi connectivity index (χ1v) is 19.0. The molecular formula is C38H42O8P2. The van der Waals surface area contributed by atoms with Gasteiger partial charge in [-0.2, -0.15) is 4.57 Å². The summed E-state index contributed by atoms with van der Waals surface area (Å²) >= 11 is 0. The molecule has 5 rings (SSSR count). The molecule has 5 aromatic rings. The lowest BCUT2D eigenvalue weighted by Gasteiger charge is -2.19. The van der Waals surface area contributed by atoms with Crippen molar-refractivity contribution in [2.45, 2.75) is 45.4 Å². The molecule has 0 fully saturated rings. The lowest BCUT2D eigenvalue weighted by atomic mass is 10.1. The number of hydrogen-bond acceptors (Lipinski definition) is 8. The summed E-state index contributed by atoms with van der Waals surface area (Å²) in [6.07, 6.45) is 6.77. The number of hydrogen-bond donors (Lipinski definition) is 0. The summed E-state index contributed by atoms with van der Waals surface area (Å²) in [6.45, 7) is 2.55. The highest BCUT2D eigenvalue weighted by Crippen LogP contribution is 2.50. The van der Waals surface area contributed by atoms with Gasteiger partial charge >= 0.3 is 15.6 Å². The Morgan fingerprint density at radius 1 is 0.375 bits per heavy atom. The molecule has 48 heavy (non-hydrogen) atoms. The Morgan fingerprint density at radius 2 is 0.646 bits per heavy atom. The molecule has 0 spiro atoms. The average molecular weight is 689 g/mol. The summed E-state index contributed by atoms with van der Waals surface area (Å²) in [7, 11) is -7.61. The van der Waals surface area contributed by atoms with Crippen LogP contribution >= 0.6 is 15.6 Å². The van der Waals surface area contributed by atoms with E-state index in [0.29, 0.717) is 35.4 Å². The Balaban J connectivity index is 0.000000217. The molecule has 0 amide bonds. The molecule has 0 atom stereocenters. The Labute approximate surface area is 283 Å². The summed E-state index contributed by atoms with van der Waals surface area (Å²) in [5.74, 6) is 2.14. The molecule has 8 nitrogen and oxygen atoms in total. The van der Waals surface area contributed by atoms with E-state index >= 15 is 0 Å². The molecule has 5 aromatic carbocycles. The van der Waals surface area contributed by atoms with Gasteiger partial charge in [0.25, 0.3) is 0 Å². The monoisotopic (exact) mass is 688 g/mol. The second-order valence-corrected chi connectivity index (χ2v) is 13.5. The Morgan fingerprint density at radius 3 is 0.958 bits per heavy atom. The van der Waals surface area contributed by atoms with E-state index in [4.69, 9.17) is 27.1 Å². The summed E-state index contributed by atoms with van der Waals surface area (Å²) in [5, 5.41) is 0. The first-order chi connectivity index (χ1) is 23.5. The molecule has 0 aliphatic carbocycles. The van der Waals surface area contributed by atoms with Gasteiger partial charge in [-0.1, -0.05) is 130 Å². The van der Waals surface area contributed by atoms with E-state index in [-0.39, 0.29) is 0 Å². The van der Waals surface area contributed by atoms with Gasteiger partial charge in [0.05, 0.1) is 6.61 Å². The van der Waals surface area contributed by atoms with Crippen molar-refractivity contribution in [3.63, 3.8) is 0 Å². The van der Waals surface area contributed by atoms with Crippen LogP contribution in [0.25, 0.3) is 0 Å². The fraction of sp³-hybridized carbons (Fsp3) is 0.211. The number of phosphoric acid groups is 2. The zero-order valence-electron chi connectivity index (χ0n) is 27.0. The van der Waals surface area contributed by atoms with Gasteiger partial charge < -0.3 is 22.6 Å². The lowest BCUT2D eigenvalue weighted by Crippen LogP contribution is -2.07. The summed E-state index contributed by atoms with van der Waals surface area (Å²) in [5.41, 5.74) is 0. The maximum absolute atomic E-state index is 13.1. The maximum atomic E-state index is 13.1. The van der Waals surface area contributed by atoms with Crippen molar-refractivity contribution in [1.29, 1.82) is 0 Å². The molecular weight excluding hydrogens is 646 g/mol. The number of para-hydroxylation sites is 5. The topological polar surface area (TPSA) is 89.5 Å². The molecule has 0 saturated carbocycles. The molecule has 0 aliphatic heterocycles. The van der Waals surface area contributed by atoms with E-state index in [2.05, 4.69) is 6.92 Å². The van der Waals surface area contributed by atoms with E-state index in [1.807, 2.05) is 54.6 Å². The SMILES string of the molecule is CCCCCCCCOP(=O)(Oc1ccccc1)Oc1ccccc1.O=P(Oc1ccccc1)(Oc1ccccc1)Oc1ccccc1. The van der Waals surface area contributed by atoms with E-state index < -0.39 is 15.6 Å². The van der Waals surface area contributed by atoms with Gasteiger partial charge in [-0.15, -0.1) is 0 Å². The van der Waals surface area contributed by atoms with E-state index in [9.17, 15) is 9.13 Å². The zero-order valence-corrected chi connectivity index (χ0v) is 28.8. The summed E-state index contributed by atoms with van der Waals surface area (Å²) in [6, 6.07) is 44.3. The number of phosphoric ester groups is 2. The van der Waals surface area contributed by atoms with Crippen molar-refractivity contribution in [2.24, 2.45) is 0 Å². The van der Waals surface area contributed by atoms with Gasteiger partial charge in [-0.3, -0.25) is 4.52 Å².